The number of thioether (sulfide) groups is 1. The highest BCUT2D eigenvalue weighted by molar-refractivity contribution is 7.99. The van der Waals surface area contributed by atoms with Crippen LogP contribution in [0.2, 0.25) is 0 Å². The van der Waals surface area contributed by atoms with Gasteiger partial charge in [0.25, 0.3) is 5.69 Å². The number of aromatic nitrogens is 4. The van der Waals surface area contributed by atoms with Crippen LogP contribution in [0.15, 0.2) is 53.7 Å². The minimum absolute atomic E-state index is 0.00459. The van der Waals surface area contributed by atoms with E-state index in [1.807, 2.05) is 24.3 Å². The number of para-hydroxylation sites is 1. The van der Waals surface area contributed by atoms with Crippen LogP contribution in [0.4, 0.5) is 5.69 Å². The van der Waals surface area contributed by atoms with Gasteiger partial charge in [0.15, 0.2) is 16.6 Å². The number of rotatable bonds is 8. The molecule has 158 valence electrons. The Hall–Kier alpha value is -3.53. The molecule has 2 aromatic carbocycles. The molecular weight excluding hydrogens is 416 g/mol. The molecule has 0 aliphatic rings. The average Bonchev–Trinajstić information content (AvgIpc) is 3.24. The molecule has 0 radical (unpaired) electrons. The van der Waals surface area contributed by atoms with Crippen molar-refractivity contribution in [3.63, 3.8) is 0 Å². The van der Waals surface area contributed by atoms with Crippen molar-refractivity contribution in [1.29, 1.82) is 0 Å². The topological polar surface area (TPSA) is 115 Å². The van der Waals surface area contributed by atoms with E-state index in [4.69, 9.17) is 0 Å². The van der Waals surface area contributed by atoms with Crippen LogP contribution < -0.4 is 5.32 Å². The summed E-state index contributed by atoms with van der Waals surface area (Å²) in [6, 6.07) is 13.7. The second kappa shape index (κ2) is 9.09. The van der Waals surface area contributed by atoms with E-state index in [-0.39, 0.29) is 17.3 Å². The van der Waals surface area contributed by atoms with E-state index in [0.717, 1.165) is 23.7 Å². The SMILES string of the molecule is CCCCNC(=O)CSc1nc2ccccc2c2nc(-c3ccc([N+](=O)[O-])cc3)nn12. The van der Waals surface area contributed by atoms with E-state index in [2.05, 4.69) is 27.3 Å². The van der Waals surface area contributed by atoms with Gasteiger partial charge in [-0.2, -0.15) is 4.52 Å². The predicted octanol–water partition coefficient (Wildman–Crippen LogP) is 3.86. The highest BCUT2D eigenvalue weighted by atomic mass is 32.2. The van der Waals surface area contributed by atoms with Gasteiger partial charge in [-0.25, -0.2) is 9.97 Å². The molecule has 9 nitrogen and oxygen atoms in total. The van der Waals surface area contributed by atoms with Gasteiger partial charge in [0, 0.05) is 29.6 Å². The summed E-state index contributed by atoms with van der Waals surface area (Å²) >= 11 is 1.29. The summed E-state index contributed by atoms with van der Waals surface area (Å²) in [7, 11) is 0. The molecule has 0 unspecified atom stereocenters. The van der Waals surface area contributed by atoms with Crippen LogP contribution in [0.25, 0.3) is 27.9 Å². The number of hydrogen-bond donors (Lipinski definition) is 1. The fourth-order valence-electron chi connectivity index (χ4n) is 3.06. The van der Waals surface area contributed by atoms with Crippen molar-refractivity contribution in [1.82, 2.24) is 24.9 Å². The molecule has 0 saturated carbocycles. The highest BCUT2D eigenvalue weighted by Crippen LogP contribution is 2.27. The smallest absolute Gasteiger partial charge is 0.269 e. The first kappa shape index (κ1) is 20.7. The Morgan fingerprint density at radius 1 is 1.16 bits per heavy atom. The Morgan fingerprint density at radius 2 is 1.94 bits per heavy atom. The fourth-order valence-corrected chi connectivity index (χ4v) is 3.84. The first-order valence-electron chi connectivity index (χ1n) is 9.86. The standard InChI is InChI=1S/C21H20N6O3S/c1-2-3-12-22-18(28)13-31-21-23-17-7-5-4-6-16(17)20-24-19(25-26(20)21)14-8-10-15(11-9-14)27(29)30/h4-11H,2-3,12-13H2,1H3,(H,22,28). The molecule has 2 heterocycles. The Labute approximate surface area is 182 Å². The third-order valence-electron chi connectivity index (χ3n) is 4.67. The molecule has 31 heavy (non-hydrogen) atoms. The Kier molecular flexibility index (Phi) is 6.08. The van der Waals surface area contributed by atoms with E-state index in [9.17, 15) is 14.9 Å². The monoisotopic (exact) mass is 436 g/mol. The molecule has 0 spiro atoms. The lowest BCUT2D eigenvalue weighted by atomic mass is 10.2. The van der Waals surface area contributed by atoms with Gasteiger partial charge < -0.3 is 5.32 Å². The molecule has 0 atom stereocenters. The maximum Gasteiger partial charge on any atom is 0.269 e. The van der Waals surface area contributed by atoms with Gasteiger partial charge in [0.1, 0.15) is 0 Å². The molecule has 0 aliphatic heterocycles. The number of hydrogen-bond acceptors (Lipinski definition) is 7. The van der Waals surface area contributed by atoms with E-state index in [0.29, 0.717) is 28.7 Å². The number of nitro groups is 1. The summed E-state index contributed by atoms with van der Waals surface area (Å²) in [6.45, 7) is 2.73. The molecule has 1 amide bonds. The lowest BCUT2D eigenvalue weighted by Gasteiger charge is -2.06. The van der Waals surface area contributed by atoms with Crippen LogP contribution in [0.5, 0.6) is 0 Å². The lowest BCUT2D eigenvalue weighted by Crippen LogP contribution is -2.26. The van der Waals surface area contributed by atoms with Crippen LogP contribution >= 0.6 is 11.8 Å². The van der Waals surface area contributed by atoms with Crippen molar-refractivity contribution >= 4 is 39.9 Å². The fraction of sp³-hybridized carbons (Fsp3) is 0.238. The van der Waals surface area contributed by atoms with Crippen molar-refractivity contribution in [2.45, 2.75) is 24.9 Å². The number of non-ortho nitro benzene ring substituents is 1. The normalized spacial score (nSPS) is 11.1. The highest BCUT2D eigenvalue weighted by Gasteiger charge is 2.16. The van der Waals surface area contributed by atoms with Gasteiger partial charge >= 0.3 is 0 Å². The van der Waals surface area contributed by atoms with Gasteiger partial charge in [-0.15, -0.1) is 5.10 Å². The number of carbonyl (C=O) groups is 1. The van der Waals surface area contributed by atoms with Crippen molar-refractivity contribution < 1.29 is 9.72 Å². The molecule has 2 aromatic heterocycles. The first-order valence-corrected chi connectivity index (χ1v) is 10.8. The number of unbranched alkanes of at least 4 members (excludes halogenated alkanes) is 1. The minimum Gasteiger partial charge on any atom is -0.355 e. The summed E-state index contributed by atoms with van der Waals surface area (Å²) in [4.78, 5) is 31.9. The van der Waals surface area contributed by atoms with Gasteiger partial charge in [-0.3, -0.25) is 14.9 Å². The van der Waals surface area contributed by atoms with Crippen LogP contribution in [0.3, 0.4) is 0 Å². The predicted molar refractivity (Wildman–Crippen MR) is 119 cm³/mol. The summed E-state index contributed by atoms with van der Waals surface area (Å²) in [5, 5.41) is 19.8. The number of nitrogens with zero attached hydrogens (tertiary/aromatic N) is 5. The number of benzene rings is 2. The maximum atomic E-state index is 12.1. The van der Waals surface area contributed by atoms with Crippen molar-refractivity contribution in [2.75, 3.05) is 12.3 Å². The zero-order valence-electron chi connectivity index (χ0n) is 16.8. The van der Waals surface area contributed by atoms with E-state index in [1.54, 1.807) is 16.6 Å². The van der Waals surface area contributed by atoms with Gasteiger partial charge in [0.05, 0.1) is 16.2 Å². The Bertz CT molecular complexity index is 1260. The molecule has 1 N–H and O–H groups in total. The molecule has 0 aliphatic carbocycles. The summed E-state index contributed by atoms with van der Waals surface area (Å²) in [6.07, 6.45) is 1.96. The first-order chi connectivity index (χ1) is 15.1. The van der Waals surface area contributed by atoms with Gasteiger partial charge in [0.2, 0.25) is 5.91 Å². The zero-order chi connectivity index (χ0) is 21.8. The molecule has 0 saturated heterocycles. The molecule has 4 aromatic rings. The van der Waals surface area contributed by atoms with Crippen molar-refractivity contribution in [2.24, 2.45) is 0 Å². The largest absolute Gasteiger partial charge is 0.355 e. The van der Waals surface area contributed by atoms with E-state index in [1.165, 1.54) is 23.9 Å². The number of carbonyl (C=O) groups excluding carboxylic acids is 1. The summed E-state index contributed by atoms with van der Waals surface area (Å²) in [5.41, 5.74) is 2.04. The molecule has 0 bridgehead atoms. The van der Waals surface area contributed by atoms with E-state index < -0.39 is 4.92 Å². The van der Waals surface area contributed by atoms with Crippen molar-refractivity contribution in [3.05, 3.63) is 58.6 Å². The Balaban J connectivity index is 1.70. The minimum atomic E-state index is -0.446. The Morgan fingerprint density at radius 3 is 2.68 bits per heavy atom. The van der Waals surface area contributed by atoms with Crippen LogP contribution in [0, 0.1) is 10.1 Å². The van der Waals surface area contributed by atoms with Crippen molar-refractivity contribution in [3.8, 4) is 11.4 Å². The maximum absolute atomic E-state index is 12.1. The number of fused-ring (bicyclic) bond motifs is 3. The second-order valence-corrected chi connectivity index (χ2v) is 7.82. The average molecular weight is 436 g/mol. The van der Waals surface area contributed by atoms with E-state index >= 15 is 0 Å². The van der Waals surface area contributed by atoms with Gasteiger partial charge in [-0.05, 0) is 30.7 Å². The second-order valence-electron chi connectivity index (χ2n) is 6.88. The zero-order valence-corrected chi connectivity index (χ0v) is 17.6. The lowest BCUT2D eigenvalue weighted by molar-refractivity contribution is -0.384. The van der Waals surface area contributed by atoms with Gasteiger partial charge in [-0.1, -0.05) is 37.2 Å². The molecular formula is C21H20N6O3S. The third-order valence-corrected chi connectivity index (χ3v) is 5.60. The molecule has 4 rings (SSSR count). The van der Waals surface area contributed by atoms with Crippen LogP contribution in [0.1, 0.15) is 19.8 Å². The molecule has 0 fully saturated rings. The third kappa shape index (κ3) is 4.48. The quantitative estimate of drug-likeness (QED) is 0.147. The van der Waals surface area contributed by atoms with Crippen LogP contribution in [-0.4, -0.2) is 42.7 Å². The number of nitro benzene ring substituents is 1. The van der Waals surface area contributed by atoms with Crippen LogP contribution in [-0.2, 0) is 4.79 Å². The number of nitrogens with one attached hydrogen (secondary N) is 1. The summed E-state index contributed by atoms with van der Waals surface area (Å²) < 4.78 is 1.63. The molecule has 10 heteroatoms. The number of amides is 1. The summed E-state index contributed by atoms with van der Waals surface area (Å²) in [5.74, 6) is 0.594.